The Morgan fingerprint density at radius 1 is 0.510 bits per heavy atom. The van der Waals surface area contributed by atoms with Gasteiger partial charge in [0, 0.05) is 59.9 Å². The van der Waals surface area contributed by atoms with E-state index in [1.807, 2.05) is 9.80 Å². The van der Waals surface area contributed by atoms with Crippen molar-refractivity contribution in [3.05, 3.63) is 182 Å². The van der Waals surface area contributed by atoms with Gasteiger partial charge < -0.3 is 39.4 Å². The van der Waals surface area contributed by atoms with E-state index in [0.29, 0.717) is 47.5 Å². The number of carboxylic acids is 1. The number of carbonyl (C=O) groups excluding carboxylic acids is 3. The molecule has 0 saturated carbocycles. The van der Waals surface area contributed by atoms with Crippen molar-refractivity contribution in [3.8, 4) is 22.3 Å². The number of esters is 1. The van der Waals surface area contributed by atoms with Crippen molar-refractivity contribution in [1.82, 2.24) is 29.6 Å². The maximum absolute atomic E-state index is 16.7. The Morgan fingerprint density at radius 2 is 0.860 bits per heavy atom. The van der Waals surface area contributed by atoms with Crippen LogP contribution in [-0.2, 0) is 49.1 Å². The third-order valence-corrected chi connectivity index (χ3v) is 18.4. The molecule has 2 fully saturated rings. The third-order valence-electron chi connectivity index (χ3n) is 18.4. The Morgan fingerprint density at radius 3 is 1.17 bits per heavy atom. The van der Waals surface area contributed by atoms with Gasteiger partial charge in [0.05, 0.1) is 42.7 Å². The second-order valence-corrected chi connectivity index (χ2v) is 27.0. The molecule has 14 nitrogen and oxygen atoms in total. The van der Waals surface area contributed by atoms with Gasteiger partial charge in [0.15, 0.2) is 0 Å². The Bertz CT molecular complexity index is 4190. The molecule has 4 atom stereocenters. The maximum Gasteiger partial charge on any atom is 0.416 e. The van der Waals surface area contributed by atoms with Gasteiger partial charge >= 0.3 is 24.3 Å². The van der Waals surface area contributed by atoms with Crippen LogP contribution in [-0.4, -0.2) is 93.7 Å². The normalized spacial score (nSPS) is 14.8. The van der Waals surface area contributed by atoms with Gasteiger partial charge in [-0.25, -0.2) is 26.3 Å². The number of ether oxygens (including phenoxy) is 1. The number of halogens is 12. The van der Waals surface area contributed by atoms with E-state index in [4.69, 9.17) is 4.74 Å². The number of benzene rings is 4. The van der Waals surface area contributed by atoms with E-state index in [9.17, 15) is 64.6 Å². The van der Waals surface area contributed by atoms with Crippen LogP contribution in [0.1, 0.15) is 175 Å². The van der Waals surface area contributed by atoms with Crippen LogP contribution >= 0.6 is 0 Å². The van der Waals surface area contributed by atoms with Crippen LogP contribution in [0.5, 0.6) is 0 Å². The predicted octanol–water partition coefficient (Wildman–Crippen LogP) is 15.2. The van der Waals surface area contributed by atoms with Gasteiger partial charge in [0.2, 0.25) is 11.8 Å². The smallest absolute Gasteiger partial charge is 0.416 e. The molecule has 8 rings (SSSR count). The number of nitrogens with one attached hydrogen (secondary N) is 2. The van der Waals surface area contributed by atoms with E-state index in [2.05, 4.69) is 10.6 Å². The topological polar surface area (TPSA) is 172 Å². The molecule has 26 heteroatoms. The molecular formula is C74H86F12N6O8. The Kier molecular flexibility index (Phi) is 25.8. The molecule has 0 spiro atoms. The molecule has 100 heavy (non-hydrogen) atoms. The Labute approximate surface area is 573 Å². The minimum absolute atomic E-state index is 0.0279. The highest BCUT2D eigenvalue weighted by atomic mass is 19.4. The molecule has 544 valence electrons. The second-order valence-electron chi connectivity index (χ2n) is 27.0. The number of hydrogen-bond donors (Lipinski definition) is 3. The molecule has 4 aromatic carbocycles. The van der Waals surface area contributed by atoms with Crippen molar-refractivity contribution in [3.63, 3.8) is 0 Å². The molecule has 6 aromatic rings. The molecule has 0 bridgehead atoms. The van der Waals surface area contributed by atoms with E-state index in [1.165, 1.54) is 58.9 Å². The lowest BCUT2D eigenvalue weighted by Crippen LogP contribution is -2.41. The highest BCUT2D eigenvalue weighted by molar-refractivity contribution is 5.84. The molecule has 3 N–H and O–H groups in total. The zero-order valence-electron chi connectivity index (χ0n) is 58.3. The second kappa shape index (κ2) is 32.6. The number of aliphatic carboxylic acids is 1. The highest BCUT2D eigenvalue weighted by Crippen LogP contribution is 2.42. The van der Waals surface area contributed by atoms with Crippen LogP contribution < -0.4 is 21.8 Å². The largest absolute Gasteiger partial charge is 0.481 e. The molecule has 2 aliphatic rings. The summed E-state index contributed by atoms with van der Waals surface area (Å²) in [5.41, 5.74) is -4.53. The number of nitrogens with zero attached hydrogens (tertiary/aromatic N) is 4. The van der Waals surface area contributed by atoms with Crippen molar-refractivity contribution < 1.29 is 81.7 Å². The van der Waals surface area contributed by atoms with E-state index in [0.717, 1.165) is 60.5 Å². The van der Waals surface area contributed by atoms with Crippen molar-refractivity contribution in [1.29, 1.82) is 0 Å². The number of carbonyl (C=O) groups is 4. The number of likely N-dealkylation sites (tertiary alicyclic amines) is 2. The van der Waals surface area contributed by atoms with Gasteiger partial charge in [-0.1, -0.05) is 39.8 Å². The molecule has 2 aliphatic heterocycles. The number of hydrogen-bond acceptors (Lipinski definition) is 9. The quantitative estimate of drug-likeness (QED) is 0.0370. The van der Waals surface area contributed by atoms with Gasteiger partial charge in [-0.3, -0.25) is 28.8 Å². The standard InChI is InChI=1S/C38H45F6N3O4.C36H41F6N3O4/c1-8-51-31(49)18-28(33-35(40)23(6)16-26(36(33)41)32-21(4)15-22(5)34(39)24(32)7)45-37(50)29(14-20(2)3)47-19-25(10-13-46-11-9-12-46)27(17-30(47)48)38(42,43)44;1-18(2)12-27(45-17-23(8-11-44-9-7-10-44)25(15-28(45)46)36(40,41)42)35(49)43-26(16-29(47)48)31-33(38)21(5)14-24(34(31)39)30-19(3)13-20(4)32(37)22(30)6/h15-17,19-20,28-29H,8-14,18H2,1-7H3,(H,45,50);13-15,17-18,26-27H,7-12,16H2,1-6H3,(H,43,49)(H,47,48)/t28-,29?;26-,27?/m00/s1. The Balaban J connectivity index is 0.000000281. The lowest BCUT2D eigenvalue weighted by atomic mass is 9.88. The fourth-order valence-electron chi connectivity index (χ4n) is 13.2. The summed E-state index contributed by atoms with van der Waals surface area (Å²) in [6, 6.07) is 0.0411. The predicted molar refractivity (Wildman–Crippen MR) is 355 cm³/mol. The number of aryl methyl sites for hydroxylation is 6. The van der Waals surface area contributed by atoms with E-state index in [1.54, 1.807) is 55.4 Å². The average molecular weight is 1420 g/mol. The molecule has 2 unspecified atom stereocenters. The van der Waals surface area contributed by atoms with Crippen LogP contribution in [0.15, 0.2) is 58.4 Å². The summed E-state index contributed by atoms with van der Waals surface area (Å²) < 4.78 is 186. The average Bonchev–Trinajstić information content (AvgIpc) is 0.772. The first kappa shape index (κ1) is 79.1. The number of carboxylic acid groups (broad SMARTS) is 1. The van der Waals surface area contributed by atoms with Crippen molar-refractivity contribution >= 4 is 23.8 Å². The first-order chi connectivity index (χ1) is 46.7. The van der Waals surface area contributed by atoms with Crippen molar-refractivity contribution in [2.75, 3.05) is 45.9 Å². The monoisotopic (exact) mass is 1410 g/mol. The molecule has 2 saturated heterocycles. The molecular weight excluding hydrogens is 1330 g/mol. The fourth-order valence-corrected chi connectivity index (χ4v) is 13.2. The Hall–Kier alpha value is -8.26. The third kappa shape index (κ3) is 18.3. The summed E-state index contributed by atoms with van der Waals surface area (Å²) >= 11 is 0. The lowest BCUT2D eigenvalue weighted by molar-refractivity contribution is -0.144. The van der Waals surface area contributed by atoms with Gasteiger partial charge in [0.25, 0.3) is 11.1 Å². The lowest BCUT2D eigenvalue weighted by Gasteiger charge is -2.31. The van der Waals surface area contributed by atoms with Crippen molar-refractivity contribution in [2.45, 2.75) is 178 Å². The van der Waals surface area contributed by atoms with Crippen LogP contribution in [0.25, 0.3) is 22.3 Å². The molecule has 0 radical (unpaired) electrons. The minimum atomic E-state index is -4.83. The zero-order valence-corrected chi connectivity index (χ0v) is 58.3. The number of aromatic nitrogens is 2. The van der Waals surface area contributed by atoms with Crippen LogP contribution in [0, 0.1) is 102 Å². The summed E-state index contributed by atoms with van der Waals surface area (Å²) in [7, 11) is 0. The first-order valence-electron chi connectivity index (χ1n) is 33.2. The van der Waals surface area contributed by atoms with Crippen molar-refractivity contribution in [2.24, 2.45) is 11.8 Å². The minimum Gasteiger partial charge on any atom is -0.481 e. The van der Waals surface area contributed by atoms with Crippen LogP contribution in [0.3, 0.4) is 0 Å². The maximum atomic E-state index is 16.7. The highest BCUT2D eigenvalue weighted by Gasteiger charge is 2.40. The van der Waals surface area contributed by atoms with Crippen LogP contribution in [0.2, 0.25) is 0 Å². The van der Waals surface area contributed by atoms with Crippen LogP contribution in [0.4, 0.5) is 52.7 Å². The number of pyridine rings is 2. The number of alkyl halides is 6. The summed E-state index contributed by atoms with van der Waals surface area (Å²) in [6.45, 7) is 23.9. The first-order valence-corrected chi connectivity index (χ1v) is 33.2. The zero-order chi connectivity index (χ0) is 74.5. The summed E-state index contributed by atoms with van der Waals surface area (Å²) in [5.74, 6) is -10.6. The number of rotatable bonds is 25. The van der Waals surface area contributed by atoms with E-state index >= 15 is 22.0 Å². The van der Waals surface area contributed by atoms with Gasteiger partial charge in [0.1, 0.15) is 47.0 Å². The van der Waals surface area contributed by atoms with E-state index < -0.39 is 141 Å². The summed E-state index contributed by atoms with van der Waals surface area (Å²) in [5, 5.41) is 14.7. The fraction of sp³-hybridized carbons (Fsp3) is 0.486. The SMILES string of the molecule is CCOC(=O)C[C@H](NC(=O)C(CC(C)C)n1cc(CCN2CCC2)c(C(F)(F)F)cc1=O)c1c(F)c(C)cc(-c2c(C)cc(C)c(F)c2C)c1F.Cc1cc(C)c(-c2cc(C)c(F)c([C@H](CC(=O)O)NC(=O)C(CC(C)C)n3cc(CCN4CCC4)c(C(F)(F)F)cc3=O)c2F)c(C)c1F. The summed E-state index contributed by atoms with van der Waals surface area (Å²) in [6.07, 6.45) is -7.61. The molecule has 0 aliphatic carbocycles. The molecule has 4 heterocycles. The van der Waals surface area contributed by atoms with E-state index in [-0.39, 0.29) is 99.8 Å². The van der Waals surface area contributed by atoms with Gasteiger partial charge in [-0.15, -0.1) is 0 Å². The number of amides is 2. The van der Waals surface area contributed by atoms with Gasteiger partial charge in [-0.05, 0) is 218 Å². The van der Waals surface area contributed by atoms with Gasteiger partial charge in [-0.2, -0.15) is 26.3 Å². The summed E-state index contributed by atoms with van der Waals surface area (Å²) in [4.78, 5) is 83.4. The molecule has 2 aromatic heterocycles. The molecule has 2 amide bonds.